The fraction of sp³-hybridized carbons (Fsp3) is 0.409. The first-order valence-corrected chi connectivity index (χ1v) is 12.5. The molecule has 2 aromatic rings. The number of ether oxygens (including phenoxy) is 1. The Morgan fingerprint density at radius 3 is 2.30 bits per heavy atom. The molecule has 0 spiro atoms. The van der Waals surface area contributed by atoms with Gasteiger partial charge in [0.05, 0.1) is 17.8 Å². The predicted octanol–water partition coefficient (Wildman–Crippen LogP) is 4.38. The number of hydrogen-bond donors (Lipinski definition) is 1. The molecule has 8 heteroatoms. The quantitative estimate of drug-likeness (QED) is 0.607. The van der Waals surface area contributed by atoms with Crippen molar-refractivity contribution < 1.29 is 17.9 Å². The molecule has 1 aliphatic carbocycles. The average Bonchev–Trinajstić information content (AvgIpc) is 2.78. The van der Waals surface area contributed by atoms with Crippen molar-refractivity contribution in [3.8, 4) is 5.75 Å². The van der Waals surface area contributed by atoms with Gasteiger partial charge in [-0.1, -0.05) is 19.3 Å². The number of sulfonamides is 1. The van der Waals surface area contributed by atoms with Crippen LogP contribution < -0.4 is 10.1 Å². The summed E-state index contributed by atoms with van der Waals surface area (Å²) in [5.74, 6) is 0.885. The van der Waals surface area contributed by atoms with Gasteiger partial charge in [0.25, 0.3) is 0 Å². The first-order valence-electron chi connectivity index (χ1n) is 10.0. The second-order valence-electron chi connectivity index (χ2n) is 7.35. The molecular weight excluding hydrogens is 420 g/mol. The molecule has 1 saturated carbocycles. The highest BCUT2D eigenvalue weighted by Gasteiger charge is 2.28. The van der Waals surface area contributed by atoms with E-state index in [-0.39, 0.29) is 22.6 Å². The van der Waals surface area contributed by atoms with E-state index in [2.05, 4.69) is 5.32 Å². The van der Waals surface area contributed by atoms with Gasteiger partial charge < -0.3 is 10.1 Å². The highest BCUT2D eigenvalue weighted by Crippen LogP contribution is 2.27. The molecule has 2 aromatic carbocycles. The van der Waals surface area contributed by atoms with Crippen LogP contribution in [0.15, 0.2) is 58.3 Å². The minimum absolute atomic E-state index is 0.0677. The predicted molar refractivity (Wildman–Crippen MR) is 121 cm³/mol. The van der Waals surface area contributed by atoms with Crippen LogP contribution in [-0.4, -0.2) is 44.6 Å². The van der Waals surface area contributed by atoms with E-state index >= 15 is 0 Å². The Morgan fingerprint density at radius 1 is 1.07 bits per heavy atom. The van der Waals surface area contributed by atoms with Gasteiger partial charge in [0, 0.05) is 23.7 Å². The standard InChI is InChI=1S/C22H28N2O4S2/c1-24(18-6-4-3-5-7-18)30(26,27)21-14-8-17(9-15-21)23-22(25)16-29-20-12-10-19(28-2)11-13-20/h8-15,18H,3-7,16H2,1-2H3,(H,23,25). The number of amides is 1. The Morgan fingerprint density at radius 2 is 1.70 bits per heavy atom. The lowest BCUT2D eigenvalue weighted by molar-refractivity contribution is -0.113. The number of carbonyl (C=O) groups is 1. The Balaban J connectivity index is 1.55. The van der Waals surface area contributed by atoms with Gasteiger partial charge in [-0.05, 0) is 61.4 Å². The fourth-order valence-electron chi connectivity index (χ4n) is 3.54. The van der Waals surface area contributed by atoms with E-state index in [0.29, 0.717) is 5.69 Å². The molecule has 1 amide bonds. The maximum atomic E-state index is 12.9. The summed E-state index contributed by atoms with van der Waals surface area (Å²) in [6.45, 7) is 0. The van der Waals surface area contributed by atoms with Crippen LogP contribution in [0.3, 0.4) is 0 Å². The third-order valence-electron chi connectivity index (χ3n) is 5.33. The smallest absolute Gasteiger partial charge is 0.243 e. The lowest BCUT2D eigenvalue weighted by Crippen LogP contribution is -2.38. The van der Waals surface area contributed by atoms with Gasteiger partial charge in [0.15, 0.2) is 0 Å². The lowest BCUT2D eigenvalue weighted by Gasteiger charge is -2.30. The van der Waals surface area contributed by atoms with Crippen molar-refractivity contribution in [3.05, 3.63) is 48.5 Å². The average molecular weight is 449 g/mol. The van der Waals surface area contributed by atoms with Gasteiger partial charge in [0.1, 0.15) is 5.75 Å². The van der Waals surface area contributed by atoms with Crippen molar-refractivity contribution in [1.29, 1.82) is 0 Å². The number of thioether (sulfide) groups is 1. The van der Waals surface area contributed by atoms with Crippen LogP contribution >= 0.6 is 11.8 Å². The number of nitrogens with zero attached hydrogens (tertiary/aromatic N) is 1. The van der Waals surface area contributed by atoms with Crippen LogP contribution in [0.1, 0.15) is 32.1 Å². The number of nitrogens with one attached hydrogen (secondary N) is 1. The third-order valence-corrected chi connectivity index (χ3v) is 8.27. The van der Waals surface area contributed by atoms with Crippen molar-refractivity contribution in [2.75, 3.05) is 25.2 Å². The van der Waals surface area contributed by atoms with Crippen molar-refractivity contribution in [1.82, 2.24) is 4.31 Å². The van der Waals surface area contributed by atoms with E-state index < -0.39 is 10.0 Å². The van der Waals surface area contributed by atoms with E-state index in [9.17, 15) is 13.2 Å². The van der Waals surface area contributed by atoms with Crippen LogP contribution in [0.5, 0.6) is 5.75 Å². The minimum atomic E-state index is -3.53. The molecule has 0 atom stereocenters. The van der Waals surface area contributed by atoms with Gasteiger partial charge in [-0.25, -0.2) is 8.42 Å². The monoisotopic (exact) mass is 448 g/mol. The highest BCUT2D eigenvalue weighted by atomic mass is 32.2. The molecule has 1 aliphatic rings. The van der Waals surface area contributed by atoms with Gasteiger partial charge in [-0.3, -0.25) is 4.79 Å². The van der Waals surface area contributed by atoms with E-state index in [1.165, 1.54) is 22.5 Å². The Bertz CT molecular complexity index is 938. The van der Waals surface area contributed by atoms with Crippen LogP contribution in [0.4, 0.5) is 5.69 Å². The van der Waals surface area contributed by atoms with E-state index in [1.807, 2.05) is 24.3 Å². The molecule has 0 aliphatic heterocycles. The summed E-state index contributed by atoms with van der Waals surface area (Å²) in [6.07, 6.45) is 5.15. The molecule has 0 radical (unpaired) electrons. The molecular formula is C22H28N2O4S2. The van der Waals surface area contributed by atoms with Gasteiger partial charge in [0.2, 0.25) is 15.9 Å². The summed E-state index contributed by atoms with van der Waals surface area (Å²) in [5, 5.41) is 2.81. The normalized spacial score (nSPS) is 15.2. The number of hydrogen-bond acceptors (Lipinski definition) is 5. The van der Waals surface area contributed by atoms with Crippen molar-refractivity contribution in [2.45, 2.75) is 47.9 Å². The van der Waals surface area contributed by atoms with Gasteiger partial charge >= 0.3 is 0 Å². The zero-order valence-corrected chi connectivity index (χ0v) is 19.0. The van der Waals surface area contributed by atoms with Crippen molar-refractivity contribution in [2.24, 2.45) is 0 Å². The van der Waals surface area contributed by atoms with Gasteiger partial charge in [-0.15, -0.1) is 11.8 Å². The van der Waals surface area contributed by atoms with Crippen molar-refractivity contribution >= 4 is 33.4 Å². The molecule has 1 fully saturated rings. The van der Waals surface area contributed by atoms with E-state index in [0.717, 1.165) is 36.3 Å². The molecule has 162 valence electrons. The van der Waals surface area contributed by atoms with Crippen LogP contribution in [0.2, 0.25) is 0 Å². The SMILES string of the molecule is COc1ccc(SCC(=O)Nc2ccc(S(=O)(=O)N(C)C3CCCCC3)cc2)cc1. The zero-order valence-electron chi connectivity index (χ0n) is 17.3. The Labute approximate surface area is 183 Å². The first-order chi connectivity index (χ1) is 14.4. The summed E-state index contributed by atoms with van der Waals surface area (Å²) in [7, 11) is -0.254. The molecule has 0 unspecified atom stereocenters. The summed E-state index contributed by atoms with van der Waals surface area (Å²) >= 11 is 1.42. The Kier molecular flexibility index (Phi) is 7.80. The number of methoxy groups -OCH3 is 1. The largest absolute Gasteiger partial charge is 0.497 e. The first kappa shape index (κ1) is 22.7. The lowest BCUT2D eigenvalue weighted by atomic mass is 9.96. The van der Waals surface area contributed by atoms with Crippen molar-refractivity contribution in [3.63, 3.8) is 0 Å². The van der Waals surface area contributed by atoms with Crippen LogP contribution in [0, 0.1) is 0 Å². The molecule has 6 nitrogen and oxygen atoms in total. The Hall–Kier alpha value is -2.03. The number of carbonyl (C=O) groups excluding carboxylic acids is 1. The second-order valence-corrected chi connectivity index (χ2v) is 10.4. The summed E-state index contributed by atoms with van der Waals surface area (Å²) in [6, 6.07) is 14.0. The highest BCUT2D eigenvalue weighted by molar-refractivity contribution is 8.00. The summed E-state index contributed by atoms with van der Waals surface area (Å²) < 4.78 is 32.4. The summed E-state index contributed by atoms with van der Waals surface area (Å²) in [5.41, 5.74) is 0.578. The van der Waals surface area contributed by atoms with Crippen LogP contribution in [-0.2, 0) is 14.8 Å². The number of rotatable bonds is 8. The fourth-order valence-corrected chi connectivity index (χ4v) is 5.65. The molecule has 0 aromatic heterocycles. The molecule has 0 saturated heterocycles. The second kappa shape index (κ2) is 10.3. The zero-order chi connectivity index (χ0) is 21.6. The molecule has 0 heterocycles. The molecule has 0 bridgehead atoms. The van der Waals surface area contributed by atoms with E-state index in [1.54, 1.807) is 38.4 Å². The van der Waals surface area contributed by atoms with Crippen LogP contribution in [0.25, 0.3) is 0 Å². The molecule has 1 N–H and O–H groups in total. The van der Waals surface area contributed by atoms with Gasteiger partial charge in [-0.2, -0.15) is 4.31 Å². The minimum Gasteiger partial charge on any atom is -0.497 e. The number of benzene rings is 2. The van der Waals surface area contributed by atoms with E-state index in [4.69, 9.17) is 4.74 Å². The maximum absolute atomic E-state index is 12.9. The summed E-state index contributed by atoms with van der Waals surface area (Å²) in [4.78, 5) is 13.4. The third kappa shape index (κ3) is 5.77. The topological polar surface area (TPSA) is 75.7 Å². The molecule has 3 rings (SSSR count). The number of anilines is 1. The maximum Gasteiger partial charge on any atom is 0.243 e. The molecule has 30 heavy (non-hydrogen) atoms.